The largest absolute Gasteiger partial charge is 0.328 e. The molecule has 2 aromatic heterocycles. The van der Waals surface area contributed by atoms with Gasteiger partial charge in [-0.1, -0.05) is 18.3 Å². The number of nitrogens with one attached hydrogen (secondary N) is 2. The highest BCUT2D eigenvalue weighted by molar-refractivity contribution is 7.14. The summed E-state index contributed by atoms with van der Waals surface area (Å²) in [5.74, 6) is 0. The maximum absolute atomic E-state index is 11.0. The number of hydrogen-bond donors (Lipinski definition) is 2. The minimum absolute atomic E-state index is 0.103. The Morgan fingerprint density at radius 1 is 1.39 bits per heavy atom. The van der Waals surface area contributed by atoms with Gasteiger partial charge in [-0.2, -0.15) is 0 Å². The van der Waals surface area contributed by atoms with Crippen LogP contribution in [0.3, 0.4) is 0 Å². The molecule has 2 heterocycles. The van der Waals surface area contributed by atoms with Gasteiger partial charge in [-0.15, -0.1) is 10.2 Å². The number of aromatic nitrogens is 3. The average molecular weight is 264 g/mol. The van der Waals surface area contributed by atoms with Crippen molar-refractivity contribution >= 4 is 11.3 Å². The molecular weight excluding hydrogens is 248 g/mol. The van der Waals surface area contributed by atoms with Crippen LogP contribution < -0.4 is 10.9 Å². The van der Waals surface area contributed by atoms with Crippen LogP contribution in [-0.2, 0) is 6.42 Å². The molecule has 0 aliphatic carbocycles. The number of hydrogen-bond acceptors (Lipinski definition) is 5. The molecule has 0 radical (unpaired) electrons. The zero-order valence-corrected chi connectivity index (χ0v) is 11.1. The van der Waals surface area contributed by atoms with E-state index >= 15 is 0 Å². The van der Waals surface area contributed by atoms with Gasteiger partial charge in [0.05, 0.1) is 0 Å². The molecule has 2 N–H and O–H groups in total. The SMILES string of the molecule is CCNCCCc1nnc(-c2ccc(=O)[nH]c2)s1. The summed E-state index contributed by atoms with van der Waals surface area (Å²) in [5.41, 5.74) is 0.805. The van der Waals surface area contributed by atoms with Crippen molar-refractivity contribution in [2.24, 2.45) is 0 Å². The molecule has 0 aromatic carbocycles. The van der Waals surface area contributed by atoms with Crippen molar-refractivity contribution in [1.82, 2.24) is 20.5 Å². The van der Waals surface area contributed by atoms with Gasteiger partial charge < -0.3 is 10.3 Å². The fourth-order valence-corrected chi connectivity index (χ4v) is 2.43. The predicted octanol–water partition coefficient (Wildman–Crippen LogP) is 1.44. The molecule has 0 atom stereocenters. The van der Waals surface area contributed by atoms with Crippen molar-refractivity contribution in [3.8, 4) is 10.6 Å². The van der Waals surface area contributed by atoms with E-state index in [4.69, 9.17) is 0 Å². The van der Waals surface area contributed by atoms with Crippen molar-refractivity contribution in [3.05, 3.63) is 33.7 Å². The van der Waals surface area contributed by atoms with Crippen LogP contribution in [0.15, 0.2) is 23.1 Å². The van der Waals surface area contributed by atoms with E-state index in [2.05, 4.69) is 27.4 Å². The summed E-state index contributed by atoms with van der Waals surface area (Å²) in [7, 11) is 0. The van der Waals surface area contributed by atoms with Gasteiger partial charge in [0, 0.05) is 24.2 Å². The maximum atomic E-state index is 11.0. The van der Waals surface area contributed by atoms with Crippen molar-refractivity contribution in [1.29, 1.82) is 0 Å². The molecule has 0 fully saturated rings. The van der Waals surface area contributed by atoms with E-state index in [1.807, 2.05) is 0 Å². The zero-order chi connectivity index (χ0) is 12.8. The lowest BCUT2D eigenvalue weighted by Crippen LogP contribution is -2.14. The Morgan fingerprint density at radius 2 is 2.28 bits per heavy atom. The Hall–Kier alpha value is -1.53. The van der Waals surface area contributed by atoms with Gasteiger partial charge in [0.2, 0.25) is 5.56 Å². The third-order valence-electron chi connectivity index (χ3n) is 2.49. The Morgan fingerprint density at radius 3 is 3.00 bits per heavy atom. The van der Waals surface area contributed by atoms with E-state index in [1.54, 1.807) is 23.6 Å². The minimum atomic E-state index is -0.103. The van der Waals surface area contributed by atoms with E-state index in [-0.39, 0.29) is 5.56 Å². The van der Waals surface area contributed by atoms with Gasteiger partial charge in [0.15, 0.2) is 0 Å². The molecule has 0 aliphatic heterocycles. The summed E-state index contributed by atoms with van der Waals surface area (Å²) >= 11 is 1.58. The van der Waals surface area contributed by atoms with E-state index in [0.717, 1.165) is 41.5 Å². The molecule has 2 aromatic rings. The fraction of sp³-hybridized carbons (Fsp3) is 0.417. The lowest BCUT2D eigenvalue weighted by Gasteiger charge is -1.97. The van der Waals surface area contributed by atoms with Crippen LogP contribution in [0, 0.1) is 0 Å². The van der Waals surface area contributed by atoms with E-state index < -0.39 is 0 Å². The number of pyridine rings is 1. The highest BCUT2D eigenvalue weighted by atomic mass is 32.1. The first-order valence-corrected chi connectivity index (χ1v) is 6.83. The lowest BCUT2D eigenvalue weighted by molar-refractivity contribution is 0.669. The smallest absolute Gasteiger partial charge is 0.247 e. The molecule has 5 nitrogen and oxygen atoms in total. The molecule has 2 rings (SSSR count). The highest BCUT2D eigenvalue weighted by Gasteiger charge is 2.06. The topological polar surface area (TPSA) is 70.7 Å². The number of H-pyrrole nitrogens is 1. The zero-order valence-electron chi connectivity index (χ0n) is 10.3. The van der Waals surface area contributed by atoms with E-state index in [9.17, 15) is 4.79 Å². The normalized spacial score (nSPS) is 10.7. The second-order valence-electron chi connectivity index (χ2n) is 3.90. The first-order valence-electron chi connectivity index (χ1n) is 6.02. The molecular formula is C12H16N4OS. The van der Waals surface area contributed by atoms with Crippen LogP contribution in [0.2, 0.25) is 0 Å². The van der Waals surface area contributed by atoms with Gasteiger partial charge in [-0.25, -0.2) is 0 Å². The van der Waals surface area contributed by atoms with Gasteiger partial charge in [0.1, 0.15) is 10.0 Å². The highest BCUT2D eigenvalue weighted by Crippen LogP contribution is 2.22. The first kappa shape index (κ1) is 12.9. The predicted molar refractivity (Wildman–Crippen MR) is 72.8 cm³/mol. The summed E-state index contributed by atoms with van der Waals surface area (Å²) in [4.78, 5) is 13.6. The minimum Gasteiger partial charge on any atom is -0.328 e. The van der Waals surface area contributed by atoms with Crippen LogP contribution in [0.4, 0.5) is 0 Å². The fourth-order valence-electron chi connectivity index (χ4n) is 1.56. The van der Waals surface area contributed by atoms with Crippen molar-refractivity contribution in [3.63, 3.8) is 0 Å². The molecule has 6 heteroatoms. The summed E-state index contributed by atoms with van der Waals surface area (Å²) < 4.78 is 0. The monoisotopic (exact) mass is 264 g/mol. The standard InChI is InChI=1S/C12H16N4OS/c1-2-13-7-3-4-11-15-16-12(18-11)9-5-6-10(17)14-8-9/h5-6,8,13H,2-4,7H2,1H3,(H,14,17). The van der Waals surface area contributed by atoms with Gasteiger partial charge in [-0.05, 0) is 25.6 Å². The molecule has 0 aliphatic rings. The Bertz CT molecular complexity index is 529. The Balaban J connectivity index is 1.97. The van der Waals surface area contributed by atoms with E-state index in [1.165, 1.54) is 6.07 Å². The van der Waals surface area contributed by atoms with Gasteiger partial charge in [0.25, 0.3) is 0 Å². The number of rotatable bonds is 6. The molecule has 0 spiro atoms. The van der Waals surface area contributed by atoms with Crippen LogP contribution in [-0.4, -0.2) is 28.3 Å². The summed E-state index contributed by atoms with van der Waals surface area (Å²) in [6.45, 7) is 4.10. The molecule has 0 saturated carbocycles. The quantitative estimate of drug-likeness (QED) is 0.774. The molecule has 96 valence electrons. The van der Waals surface area contributed by atoms with E-state index in [0.29, 0.717) is 0 Å². The van der Waals surface area contributed by atoms with Crippen molar-refractivity contribution < 1.29 is 0 Å². The molecule has 0 unspecified atom stereocenters. The van der Waals surface area contributed by atoms with Crippen LogP contribution in [0.1, 0.15) is 18.4 Å². The molecule has 0 bridgehead atoms. The second-order valence-corrected chi connectivity index (χ2v) is 4.96. The average Bonchev–Trinajstić information content (AvgIpc) is 2.84. The number of nitrogens with zero attached hydrogens (tertiary/aromatic N) is 2. The molecule has 18 heavy (non-hydrogen) atoms. The third kappa shape index (κ3) is 3.48. The number of aromatic amines is 1. The van der Waals surface area contributed by atoms with Crippen molar-refractivity contribution in [2.45, 2.75) is 19.8 Å². The van der Waals surface area contributed by atoms with Crippen LogP contribution >= 0.6 is 11.3 Å². The first-order chi connectivity index (χ1) is 8.79. The number of aryl methyl sites for hydroxylation is 1. The van der Waals surface area contributed by atoms with Gasteiger partial charge >= 0.3 is 0 Å². The molecule has 0 amide bonds. The maximum Gasteiger partial charge on any atom is 0.247 e. The third-order valence-corrected chi connectivity index (χ3v) is 3.52. The lowest BCUT2D eigenvalue weighted by atomic mass is 10.3. The second kappa shape index (κ2) is 6.42. The molecule has 0 saturated heterocycles. The van der Waals surface area contributed by atoms with Gasteiger partial charge in [-0.3, -0.25) is 4.79 Å². The van der Waals surface area contributed by atoms with Crippen molar-refractivity contribution in [2.75, 3.05) is 13.1 Å². The van der Waals surface area contributed by atoms with Crippen LogP contribution in [0.25, 0.3) is 10.6 Å². The summed E-state index contributed by atoms with van der Waals surface area (Å²) in [6.07, 6.45) is 3.67. The summed E-state index contributed by atoms with van der Waals surface area (Å²) in [5, 5.41) is 13.5. The Labute approximate surface area is 109 Å². The van der Waals surface area contributed by atoms with Crippen LogP contribution in [0.5, 0.6) is 0 Å². The summed E-state index contributed by atoms with van der Waals surface area (Å²) in [6, 6.07) is 3.27. The Kier molecular flexibility index (Phi) is 4.60.